The molecule has 4 aliphatic rings. The Balaban J connectivity index is 1.24. The van der Waals surface area contributed by atoms with E-state index < -0.39 is 30.1 Å². The second-order valence-electron chi connectivity index (χ2n) is 12.7. The van der Waals surface area contributed by atoms with Crippen molar-refractivity contribution in [2.24, 2.45) is 5.92 Å². The van der Waals surface area contributed by atoms with E-state index in [9.17, 15) is 19.8 Å². The van der Waals surface area contributed by atoms with Gasteiger partial charge in [0.15, 0.2) is 6.79 Å². The highest BCUT2D eigenvalue weighted by Gasteiger charge is 2.52. The third-order valence-electron chi connectivity index (χ3n) is 10.0. The average Bonchev–Trinajstić information content (AvgIpc) is 3.58. The normalized spacial score (nSPS) is 24.3. The fourth-order valence-corrected chi connectivity index (χ4v) is 7.71. The maximum Gasteiger partial charge on any atom is 0.407 e. The van der Waals surface area contributed by atoms with E-state index in [4.69, 9.17) is 24.2 Å². The van der Waals surface area contributed by atoms with Crippen LogP contribution in [0.2, 0.25) is 0 Å². The molecule has 4 atom stereocenters. The van der Waals surface area contributed by atoms with E-state index in [1.54, 1.807) is 7.11 Å². The molecule has 2 bridgehead atoms. The maximum atomic E-state index is 12.1. The minimum Gasteiger partial charge on any atom is -0.481 e. The van der Waals surface area contributed by atoms with Crippen molar-refractivity contribution in [2.75, 3.05) is 63.5 Å². The van der Waals surface area contributed by atoms with Crippen LogP contribution in [0.5, 0.6) is 11.8 Å². The largest absolute Gasteiger partial charge is 0.481 e. The molecule has 1 amide bonds. The molecule has 0 radical (unpaired) electrons. The van der Waals surface area contributed by atoms with Gasteiger partial charge in [0.05, 0.1) is 30.2 Å². The number of methoxy groups -OCH3 is 1. The average molecular weight is 633 g/mol. The second-order valence-corrected chi connectivity index (χ2v) is 12.7. The zero-order chi connectivity index (χ0) is 31.9. The predicted molar refractivity (Wildman–Crippen MR) is 170 cm³/mol. The van der Waals surface area contributed by atoms with Crippen molar-refractivity contribution in [3.05, 3.63) is 47.7 Å². The number of hydrogen-bond acceptors (Lipinski definition) is 10. The topological polar surface area (TPSA) is 141 Å². The third-order valence-corrected chi connectivity index (χ3v) is 10.0. The van der Waals surface area contributed by atoms with Crippen molar-refractivity contribution in [1.29, 1.82) is 0 Å². The molecule has 2 N–H and O–H groups in total. The molecule has 3 saturated heterocycles. The van der Waals surface area contributed by atoms with Crippen molar-refractivity contribution >= 4 is 34.3 Å². The molecule has 1 aromatic heterocycles. The molecule has 244 valence electrons. The van der Waals surface area contributed by atoms with Gasteiger partial charge in [0.2, 0.25) is 0 Å². The van der Waals surface area contributed by atoms with Gasteiger partial charge >= 0.3 is 18.1 Å². The standard InChI is InChI=1S/C33H40N6O7/c1-36-10-5-7-21(36)18-45-32-34-27-16-37(28-14-23(46-19-44-2)12-20-6-3-4-8-24(20)28)11-9-25(27)30(35-32)38-15-22-13-26(31(40)41)29(17-38)39(22)33(42)43/h3-4,6,8,12,14,21-22,26,29H,5,7,9-11,13,15-19H2,1-2H3,(H,40,41)(H,42,43)/t21-,22-,26-,29-/m0/s1. The highest BCUT2D eigenvalue weighted by molar-refractivity contribution is 5.96. The van der Waals surface area contributed by atoms with Gasteiger partial charge in [0.25, 0.3) is 0 Å². The lowest BCUT2D eigenvalue weighted by Gasteiger charge is -2.42. The smallest absolute Gasteiger partial charge is 0.407 e. The van der Waals surface area contributed by atoms with E-state index in [1.807, 2.05) is 24.3 Å². The summed E-state index contributed by atoms with van der Waals surface area (Å²) in [5.74, 6) is -0.287. The summed E-state index contributed by atoms with van der Waals surface area (Å²) in [4.78, 5) is 42.1. The summed E-state index contributed by atoms with van der Waals surface area (Å²) in [5.41, 5.74) is 2.87. The van der Waals surface area contributed by atoms with E-state index >= 15 is 0 Å². The number of carboxylic acid groups (broad SMARTS) is 2. The fraction of sp³-hybridized carbons (Fsp3) is 0.515. The van der Waals surface area contributed by atoms with Crippen LogP contribution in [0, 0.1) is 5.92 Å². The third kappa shape index (κ3) is 5.62. The van der Waals surface area contributed by atoms with Crippen molar-refractivity contribution in [2.45, 2.75) is 50.4 Å². The number of carboxylic acids is 1. The Hall–Kier alpha value is -4.36. The number of aliphatic carboxylic acids is 1. The SMILES string of the molecule is COCOc1cc(N2CCc3c(nc(OC[C@@H]4CCCN4C)nc3N3C[C@@H]4C[C@H](C(=O)O)[C@H](C3)N4C(=O)O)C2)c2ccccc2c1. The van der Waals surface area contributed by atoms with Crippen molar-refractivity contribution in [3.8, 4) is 11.8 Å². The number of fused-ring (bicyclic) bond motifs is 4. The number of hydrogen-bond donors (Lipinski definition) is 2. The summed E-state index contributed by atoms with van der Waals surface area (Å²) in [6.07, 6.45) is 2.04. The molecule has 13 heteroatoms. The summed E-state index contributed by atoms with van der Waals surface area (Å²) in [7, 11) is 3.70. The Labute approximate surface area is 267 Å². The van der Waals surface area contributed by atoms with Gasteiger partial charge < -0.3 is 39.1 Å². The number of ether oxygens (including phenoxy) is 3. The summed E-state index contributed by atoms with van der Waals surface area (Å²) < 4.78 is 17.3. The van der Waals surface area contributed by atoms with E-state index in [1.165, 1.54) is 4.90 Å². The number of rotatable bonds is 9. The first-order valence-electron chi connectivity index (χ1n) is 15.9. The van der Waals surface area contributed by atoms with E-state index in [0.717, 1.165) is 47.1 Å². The summed E-state index contributed by atoms with van der Waals surface area (Å²) in [6, 6.07) is 11.8. The Morgan fingerprint density at radius 1 is 1.04 bits per heavy atom. The summed E-state index contributed by atoms with van der Waals surface area (Å²) in [5, 5.41) is 22.0. The molecule has 5 heterocycles. The molecule has 2 aromatic carbocycles. The number of aromatic nitrogens is 2. The molecule has 0 saturated carbocycles. The molecular weight excluding hydrogens is 592 g/mol. The molecule has 3 aromatic rings. The van der Waals surface area contributed by atoms with Gasteiger partial charge in [0, 0.05) is 55.5 Å². The predicted octanol–water partition coefficient (Wildman–Crippen LogP) is 3.29. The monoisotopic (exact) mass is 632 g/mol. The number of likely N-dealkylation sites (N-methyl/N-ethyl adjacent to an activating group) is 1. The lowest BCUT2D eigenvalue weighted by Crippen LogP contribution is -2.57. The van der Waals surface area contributed by atoms with Crippen LogP contribution >= 0.6 is 0 Å². The Kier molecular flexibility index (Phi) is 8.20. The van der Waals surface area contributed by atoms with Crippen LogP contribution in [0.4, 0.5) is 16.3 Å². The quantitative estimate of drug-likeness (QED) is 0.335. The van der Waals surface area contributed by atoms with Crippen LogP contribution in [0.15, 0.2) is 36.4 Å². The minimum atomic E-state index is -1.08. The van der Waals surface area contributed by atoms with Gasteiger partial charge in [-0.25, -0.2) is 4.79 Å². The molecule has 0 aliphatic carbocycles. The first-order valence-corrected chi connectivity index (χ1v) is 15.9. The van der Waals surface area contributed by atoms with Gasteiger partial charge in [-0.15, -0.1) is 0 Å². The number of piperazine rings is 1. The zero-order valence-electron chi connectivity index (χ0n) is 26.2. The van der Waals surface area contributed by atoms with Gasteiger partial charge in [0.1, 0.15) is 18.2 Å². The lowest BCUT2D eigenvalue weighted by atomic mass is 10.00. The fourth-order valence-electron chi connectivity index (χ4n) is 7.71. The van der Waals surface area contributed by atoms with Crippen LogP contribution in [0.1, 0.15) is 30.5 Å². The second kappa shape index (κ2) is 12.4. The molecule has 4 aliphatic heterocycles. The maximum absolute atomic E-state index is 12.1. The van der Waals surface area contributed by atoms with Crippen molar-refractivity contribution in [3.63, 3.8) is 0 Å². The molecule has 46 heavy (non-hydrogen) atoms. The van der Waals surface area contributed by atoms with Gasteiger partial charge in [-0.3, -0.25) is 9.69 Å². The van der Waals surface area contributed by atoms with Gasteiger partial charge in [-0.05, 0) is 50.7 Å². The molecule has 3 fully saturated rings. The Bertz CT molecular complexity index is 1640. The number of carbonyl (C=O) groups is 2. The minimum absolute atomic E-state index is 0.147. The highest BCUT2D eigenvalue weighted by Crippen LogP contribution is 2.40. The Morgan fingerprint density at radius 2 is 1.89 bits per heavy atom. The van der Waals surface area contributed by atoms with Gasteiger partial charge in [-0.1, -0.05) is 24.3 Å². The first-order chi connectivity index (χ1) is 22.3. The van der Waals surface area contributed by atoms with Crippen LogP contribution in [-0.2, 0) is 22.5 Å². The van der Waals surface area contributed by atoms with Crippen LogP contribution in [-0.4, -0.2) is 114 Å². The van der Waals surface area contributed by atoms with Crippen LogP contribution in [0.25, 0.3) is 10.8 Å². The van der Waals surface area contributed by atoms with E-state index in [2.05, 4.69) is 33.9 Å². The molecular formula is C33H40N6O7. The van der Waals surface area contributed by atoms with Crippen molar-refractivity contribution < 1.29 is 34.0 Å². The molecule has 0 unspecified atom stereocenters. The lowest BCUT2D eigenvalue weighted by molar-refractivity contribution is -0.142. The van der Waals surface area contributed by atoms with Crippen LogP contribution < -0.4 is 19.3 Å². The highest BCUT2D eigenvalue weighted by atomic mass is 16.7. The number of anilines is 2. The van der Waals surface area contributed by atoms with Gasteiger partial charge in [-0.2, -0.15) is 9.97 Å². The summed E-state index contributed by atoms with van der Waals surface area (Å²) >= 11 is 0. The zero-order valence-corrected chi connectivity index (χ0v) is 26.2. The van der Waals surface area contributed by atoms with E-state index in [0.29, 0.717) is 50.2 Å². The Morgan fingerprint density at radius 3 is 2.65 bits per heavy atom. The first kappa shape index (κ1) is 30.3. The molecule has 7 rings (SSSR count). The molecule has 13 nitrogen and oxygen atoms in total. The number of likely N-dealkylation sites (tertiary alicyclic amines) is 1. The molecule has 0 spiro atoms. The van der Waals surface area contributed by atoms with Crippen LogP contribution in [0.3, 0.4) is 0 Å². The van der Waals surface area contributed by atoms with E-state index in [-0.39, 0.29) is 25.8 Å². The summed E-state index contributed by atoms with van der Waals surface area (Å²) in [6.45, 7) is 3.49. The number of amides is 1. The number of benzene rings is 2. The van der Waals surface area contributed by atoms with Crippen molar-refractivity contribution in [1.82, 2.24) is 19.8 Å². The number of nitrogens with zero attached hydrogens (tertiary/aromatic N) is 6.